The second-order valence-corrected chi connectivity index (χ2v) is 6.66. The Morgan fingerprint density at radius 3 is 3.09 bits per heavy atom. The van der Waals surface area contributed by atoms with Gasteiger partial charge in [-0.1, -0.05) is 0 Å². The van der Waals surface area contributed by atoms with E-state index in [-0.39, 0.29) is 12.0 Å². The van der Waals surface area contributed by atoms with Crippen LogP contribution in [0.25, 0.3) is 0 Å². The Bertz CT molecular complexity index is 588. The average molecular weight is 342 g/mol. The normalized spacial score (nSPS) is 21.6. The standard InChI is InChI=1S/C12H18N6O2S2/c1-21-10(5-18(19)20)15-8-3-2-7(4-8)9-6-22-12(16-9)17-11(13)14/h5-8,15H,2-4H2,1H3,(H4,13,14,16,17). The molecular weight excluding hydrogens is 324 g/mol. The number of hydrogen-bond acceptors (Lipinski definition) is 7. The highest BCUT2D eigenvalue weighted by Gasteiger charge is 2.28. The van der Waals surface area contributed by atoms with Crippen LogP contribution in [0.3, 0.4) is 0 Å². The molecule has 1 saturated carbocycles. The lowest BCUT2D eigenvalue weighted by Gasteiger charge is -2.14. The van der Waals surface area contributed by atoms with Crippen LogP contribution < -0.4 is 16.4 Å². The molecule has 22 heavy (non-hydrogen) atoms. The van der Waals surface area contributed by atoms with E-state index in [9.17, 15) is 10.1 Å². The van der Waals surface area contributed by atoms with Crippen LogP contribution in [0.2, 0.25) is 0 Å². The fourth-order valence-corrected chi connectivity index (χ4v) is 3.75. The van der Waals surface area contributed by atoms with Crippen LogP contribution in [-0.4, -0.2) is 28.2 Å². The number of thioether (sulfide) groups is 1. The Labute approximate surface area is 136 Å². The predicted octanol–water partition coefficient (Wildman–Crippen LogP) is 2.11. The third kappa shape index (κ3) is 4.60. The van der Waals surface area contributed by atoms with Crippen LogP contribution in [0.1, 0.15) is 30.9 Å². The average Bonchev–Trinajstić information content (AvgIpc) is 3.05. The van der Waals surface area contributed by atoms with Gasteiger partial charge in [0, 0.05) is 17.3 Å². The number of guanidine groups is 1. The molecule has 0 aromatic carbocycles. The van der Waals surface area contributed by atoms with Crippen molar-refractivity contribution in [2.45, 2.75) is 31.2 Å². The van der Waals surface area contributed by atoms with Gasteiger partial charge in [0.1, 0.15) is 5.03 Å². The molecule has 2 unspecified atom stereocenters. The molecule has 1 aromatic rings. The Balaban J connectivity index is 1.93. The molecule has 1 heterocycles. The van der Waals surface area contributed by atoms with Gasteiger partial charge >= 0.3 is 0 Å². The van der Waals surface area contributed by atoms with Gasteiger partial charge in [0.2, 0.25) is 0 Å². The lowest BCUT2D eigenvalue weighted by Crippen LogP contribution is -2.25. The first-order valence-electron chi connectivity index (χ1n) is 6.70. The maximum absolute atomic E-state index is 10.6. The molecule has 0 bridgehead atoms. The van der Waals surface area contributed by atoms with Crippen LogP contribution in [0, 0.1) is 15.5 Å². The Morgan fingerprint density at radius 1 is 1.68 bits per heavy atom. The minimum absolute atomic E-state index is 0.124. The van der Waals surface area contributed by atoms with E-state index in [1.54, 1.807) is 0 Å². The molecule has 0 saturated heterocycles. The van der Waals surface area contributed by atoms with Crippen LogP contribution in [0.4, 0.5) is 5.13 Å². The van der Waals surface area contributed by atoms with Gasteiger partial charge in [0.05, 0.1) is 10.6 Å². The van der Waals surface area contributed by atoms with E-state index >= 15 is 0 Å². The van der Waals surface area contributed by atoms with Gasteiger partial charge in [-0.05, 0) is 25.5 Å². The minimum atomic E-state index is -0.439. The lowest BCUT2D eigenvalue weighted by atomic mass is 10.1. The van der Waals surface area contributed by atoms with E-state index in [0.29, 0.717) is 16.1 Å². The smallest absolute Gasteiger partial charge is 0.263 e. The number of nitrogens with zero attached hydrogens (tertiary/aromatic N) is 2. The van der Waals surface area contributed by atoms with Crippen molar-refractivity contribution in [3.63, 3.8) is 0 Å². The van der Waals surface area contributed by atoms with Crippen LogP contribution in [0.5, 0.6) is 0 Å². The van der Waals surface area contributed by atoms with Gasteiger partial charge < -0.3 is 16.4 Å². The van der Waals surface area contributed by atoms with E-state index in [2.05, 4.69) is 15.6 Å². The Kier molecular flexibility index (Phi) is 5.61. The summed E-state index contributed by atoms with van der Waals surface area (Å²) in [6.45, 7) is 0. The van der Waals surface area contributed by atoms with Crippen LogP contribution >= 0.6 is 23.1 Å². The zero-order valence-corrected chi connectivity index (χ0v) is 13.7. The number of nitrogens with two attached hydrogens (primary N) is 1. The molecule has 1 aromatic heterocycles. The highest BCUT2D eigenvalue weighted by atomic mass is 32.2. The van der Waals surface area contributed by atoms with E-state index < -0.39 is 4.92 Å². The predicted molar refractivity (Wildman–Crippen MR) is 89.8 cm³/mol. The van der Waals surface area contributed by atoms with Crippen LogP contribution in [-0.2, 0) is 0 Å². The third-order valence-electron chi connectivity index (χ3n) is 3.40. The first kappa shape index (κ1) is 16.6. The molecule has 1 fully saturated rings. The topological polar surface area (TPSA) is 130 Å². The van der Waals surface area contributed by atoms with Gasteiger partial charge in [-0.25, -0.2) is 4.98 Å². The van der Waals surface area contributed by atoms with E-state index in [0.717, 1.165) is 31.2 Å². The summed E-state index contributed by atoms with van der Waals surface area (Å²) < 4.78 is 0. The molecule has 1 aliphatic carbocycles. The van der Waals surface area contributed by atoms with Crippen molar-refractivity contribution in [3.05, 3.63) is 32.4 Å². The molecular formula is C12H18N6O2S2. The van der Waals surface area contributed by atoms with E-state index in [1.807, 2.05) is 11.6 Å². The van der Waals surface area contributed by atoms with Crippen molar-refractivity contribution in [2.24, 2.45) is 5.73 Å². The number of rotatable bonds is 6. The summed E-state index contributed by atoms with van der Waals surface area (Å²) in [6.07, 6.45) is 5.65. The molecule has 2 rings (SSSR count). The zero-order chi connectivity index (χ0) is 16.1. The van der Waals surface area contributed by atoms with Gasteiger partial charge in [0.15, 0.2) is 11.1 Å². The summed E-state index contributed by atoms with van der Waals surface area (Å²) in [5.41, 5.74) is 6.27. The quantitative estimate of drug-likeness (QED) is 0.269. The van der Waals surface area contributed by atoms with Crippen molar-refractivity contribution < 1.29 is 4.92 Å². The molecule has 120 valence electrons. The summed E-state index contributed by atoms with van der Waals surface area (Å²) in [5.74, 6) is 0.205. The third-order valence-corrected chi connectivity index (χ3v) is 4.84. The first-order valence-corrected chi connectivity index (χ1v) is 8.80. The molecule has 5 N–H and O–H groups in total. The Hall–Kier alpha value is -1.81. The van der Waals surface area contributed by atoms with E-state index in [4.69, 9.17) is 11.1 Å². The van der Waals surface area contributed by atoms with Gasteiger partial charge in [-0.2, -0.15) is 0 Å². The number of aromatic nitrogens is 1. The highest BCUT2D eigenvalue weighted by Crippen LogP contribution is 2.36. The maximum Gasteiger partial charge on any atom is 0.263 e. The SMILES string of the molecule is CSC(=C[N+](=O)[O-])NC1CCC(c2csc(NC(=N)N)n2)C1. The van der Waals surface area contributed by atoms with Crippen LogP contribution in [0.15, 0.2) is 16.6 Å². The number of nitro groups is 1. The van der Waals surface area contributed by atoms with Crippen molar-refractivity contribution in [2.75, 3.05) is 11.6 Å². The number of anilines is 1. The summed E-state index contributed by atoms with van der Waals surface area (Å²) >= 11 is 2.76. The fourth-order valence-electron chi connectivity index (χ4n) is 2.47. The molecule has 10 heteroatoms. The minimum Gasteiger partial charge on any atom is -0.372 e. The molecule has 0 spiro atoms. The van der Waals surface area contributed by atoms with Gasteiger partial charge in [-0.15, -0.1) is 23.1 Å². The number of thiazole rings is 1. The molecule has 0 aliphatic heterocycles. The summed E-state index contributed by atoms with van der Waals surface area (Å²) in [7, 11) is 0. The van der Waals surface area contributed by atoms with Gasteiger partial charge in [-0.3, -0.25) is 15.5 Å². The van der Waals surface area contributed by atoms with Gasteiger partial charge in [0.25, 0.3) is 6.20 Å². The molecule has 1 aliphatic rings. The summed E-state index contributed by atoms with van der Waals surface area (Å²) in [6, 6.07) is 0.217. The second kappa shape index (κ2) is 7.45. The molecule has 2 atom stereocenters. The van der Waals surface area contributed by atoms with Crippen molar-refractivity contribution in [3.8, 4) is 0 Å². The highest BCUT2D eigenvalue weighted by molar-refractivity contribution is 8.02. The zero-order valence-electron chi connectivity index (χ0n) is 12.0. The number of nitrogens with one attached hydrogen (secondary N) is 3. The maximum atomic E-state index is 10.6. The summed E-state index contributed by atoms with van der Waals surface area (Å²) in [4.78, 5) is 14.6. The largest absolute Gasteiger partial charge is 0.372 e. The fraction of sp³-hybridized carbons (Fsp3) is 0.500. The number of hydrogen-bond donors (Lipinski definition) is 4. The summed E-state index contributed by atoms with van der Waals surface area (Å²) in [5, 5.41) is 26.8. The molecule has 0 amide bonds. The Morgan fingerprint density at radius 2 is 2.45 bits per heavy atom. The lowest BCUT2D eigenvalue weighted by molar-refractivity contribution is -0.403. The molecule has 8 nitrogen and oxygen atoms in total. The second-order valence-electron chi connectivity index (χ2n) is 4.95. The first-order chi connectivity index (χ1) is 10.5. The molecule has 0 radical (unpaired) electrons. The van der Waals surface area contributed by atoms with Crippen molar-refractivity contribution in [1.82, 2.24) is 10.3 Å². The van der Waals surface area contributed by atoms with Crippen molar-refractivity contribution >= 4 is 34.2 Å². The van der Waals surface area contributed by atoms with E-state index in [1.165, 1.54) is 23.1 Å². The van der Waals surface area contributed by atoms with Crippen molar-refractivity contribution in [1.29, 1.82) is 5.41 Å². The monoisotopic (exact) mass is 342 g/mol.